The van der Waals surface area contributed by atoms with Crippen LogP contribution in [-0.4, -0.2) is 34.2 Å². The van der Waals surface area contributed by atoms with Crippen molar-refractivity contribution in [3.8, 4) is 21.7 Å². The third-order valence-electron chi connectivity index (χ3n) is 4.46. The van der Waals surface area contributed by atoms with Crippen LogP contribution >= 0.6 is 11.3 Å². The van der Waals surface area contributed by atoms with Crippen LogP contribution in [0.5, 0.6) is 0 Å². The Hall–Kier alpha value is -2.38. The van der Waals surface area contributed by atoms with E-state index in [-0.39, 0.29) is 5.82 Å². The van der Waals surface area contributed by atoms with Crippen LogP contribution in [-0.2, 0) is 4.74 Å². The van der Waals surface area contributed by atoms with Crippen LogP contribution in [0.15, 0.2) is 36.0 Å². The molecule has 3 aromatic rings. The molecule has 0 aliphatic carbocycles. The highest BCUT2D eigenvalue weighted by atomic mass is 32.1. The van der Waals surface area contributed by atoms with Gasteiger partial charge in [-0.25, -0.2) is 19.3 Å². The topological polar surface area (TPSA) is 59.9 Å². The van der Waals surface area contributed by atoms with Crippen molar-refractivity contribution in [2.45, 2.75) is 25.8 Å². The van der Waals surface area contributed by atoms with E-state index in [1.54, 1.807) is 29.7 Å². The SMILES string of the molecule is Cc1ncsc1-c1nc(NC2CCOCC2)ncc1-c1ccc(F)cc1. The molecule has 1 aromatic carbocycles. The number of halogens is 1. The zero-order valence-electron chi connectivity index (χ0n) is 14.4. The van der Waals surface area contributed by atoms with Gasteiger partial charge >= 0.3 is 0 Å². The molecule has 0 saturated carbocycles. The summed E-state index contributed by atoms with van der Waals surface area (Å²) in [6.07, 6.45) is 3.69. The summed E-state index contributed by atoms with van der Waals surface area (Å²) in [7, 11) is 0. The molecular weight excluding hydrogens is 351 g/mol. The van der Waals surface area contributed by atoms with E-state index in [0.717, 1.165) is 53.4 Å². The van der Waals surface area contributed by atoms with Crippen LogP contribution in [0.25, 0.3) is 21.7 Å². The quantitative estimate of drug-likeness (QED) is 0.742. The normalized spacial score (nSPS) is 15.2. The summed E-state index contributed by atoms with van der Waals surface area (Å²) in [5, 5.41) is 3.41. The summed E-state index contributed by atoms with van der Waals surface area (Å²) < 4.78 is 18.7. The fraction of sp³-hybridized carbons (Fsp3) is 0.316. The van der Waals surface area contributed by atoms with E-state index in [9.17, 15) is 4.39 Å². The van der Waals surface area contributed by atoms with Gasteiger partial charge in [0, 0.05) is 31.0 Å². The van der Waals surface area contributed by atoms with Gasteiger partial charge in [-0.3, -0.25) is 0 Å². The van der Waals surface area contributed by atoms with Gasteiger partial charge in [0.05, 0.1) is 21.8 Å². The monoisotopic (exact) mass is 370 g/mol. The van der Waals surface area contributed by atoms with Gasteiger partial charge < -0.3 is 10.1 Å². The molecule has 1 N–H and O–H groups in total. The minimum absolute atomic E-state index is 0.261. The maximum absolute atomic E-state index is 13.3. The van der Waals surface area contributed by atoms with E-state index in [4.69, 9.17) is 9.72 Å². The molecule has 0 bridgehead atoms. The van der Waals surface area contributed by atoms with E-state index in [1.165, 1.54) is 12.1 Å². The third kappa shape index (κ3) is 3.59. The van der Waals surface area contributed by atoms with Crippen LogP contribution in [0, 0.1) is 12.7 Å². The summed E-state index contributed by atoms with van der Waals surface area (Å²) in [6.45, 7) is 3.48. The smallest absolute Gasteiger partial charge is 0.223 e. The minimum Gasteiger partial charge on any atom is -0.381 e. The van der Waals surface area contributed by atoms with E-state index < -0.39 is 0 Å². The van der Waals surface area contributed by atoms with Crippen LogP contribution < -0.4 is 5.32 Å². The zero-order chi connectivity index (χ0) is 17.9. The van der Waals surface area contributed by atoms with Gasteiger partial charge in [0.25, 0.3) is 0 Å². The lowest BCUT2D eigenvalue weighted by atomic mass is 10.0. The summed E-state index contributed by atoms with van der Waals surface area (Å²) in [5.41, 5.74) is 5.31. The molecule has 0 atom stereocenters. The average molecular weight is 370 g/mol. The number of ether oxygens (including phenoxy) is 1. The first kappa shape index (κ1) is 17.1. The number of nitrogens with one attached hydrogen (secondary N) is 1. The number of thiazole rings is 1. The van der Waals surface area contributed by atoms with Crippen LogP contribution in [0.4, 0.5) is 10.3 Å². The number of anilines is 1. The van der Waals surface area contributed by atoms with E-state index in [2.05, 4.69) is 15.3 Å². The fourth-order valence-corrected chi connectivity index (χ4v) is 3.83. The lowest BCUT2D eigenvalue weighted by molar-refractivity contribution is 0.0903. The highest BCUT2D eigenvalue weighted by Crippen LogP contribution is 2.35. The number of nitrogens with zero attached hydrogens (tertiary/aromatic N) is 3. The molecule has 1 aliphatic heterocycles. The van der Waals surface area contributed by atoms with Gasteiger partial charge in [0.2, 0.25) is 5.95 Å². The maximum Gasteiger partial charge on any atom is 0.223 e. The summed E-state index contributed by atoms with van der Waals surface area (Å²) in [5.74, 6) is 0.341. The molecule has 2 aromatic heterocycles. The first-order valence-corrected chi connectivity index (χ1v) is 9.46. The van der Waals surface area contributed by atoms with Crippen molar-refractivity contribution in [3.05, 3.63) is 47.5 Å². The molecule has 0 amide bonds. The molecule has 1 aliphatic rings. The van der Waals surface area contributed by atoms with Crippen molar-refractivity contribution in [1.29, 1.82) is 0 Å². The lowest BCUT2D eigenvalue weighted by Crippen LogP contribution is -2.28. The second-order valence-corrected chi connectivity index (χ2v) is 7.12. The van der Waals surface area contributed by atoms with Crippen LogP contribution in [0.1, 0.15) is 18.5 Å². The lowest BCUT2D eigenvalue weighted by Gasteiger charge is -2.23. The maximum atomic E-state index is 13.3. The predicted molar refractivity (Wildman–Crippen MR) is 101 cm³/mol. The molecule has 0 spiro atoms. The van der Waals surface area contributed by atoms with E-state index in [0.29, 0.717) is 12.0 Å². The number of hydrogen-bond donors (Lipinski definition) is 1. The van der Waals surface area contributed by atoms with Crippen LogP contribution in [0.3, 0.4) is 0 Å². The van der Waals surface area contributed by atoms with E-state index >= 15 is 0 Å². The molecular formula is C19H19FN4OS. The Kier molecular flexibility index (Phi) is 4.90. The molecule has 1 saturated heterocycles. The third-order valence-corrected chi connectivity index (χ3v) is 5.39. The Morgan fingerprint density at radius 3 is 2.62 bits per heavy atom. The zero-order valence-corrected chi connectivity index (χ0v) is 15.2. The van der Waals surface area contributed by atoms with E-state index in [1.807, 2.05) is 12.4 Å². The predicted octanol–water partition coefficient (Wildman–Crippen LogP) is 4.31. The molecule has 5 nitrogen and oxygen atoms in total. The summed E-state index contributed by atoms with van der Waals surface area (Å²) in [6, 6.07) is 6.72. The number of rotatable bonds is 4. The molecule has 3 heterocycles. The van der Waals surface area contributed by atoms with Gasteiger partial charge in [-0.2, -0.15) is 0 Å². The highest BCUT2D eigenvalue weighted by Gasteiger charge is 2.18. The molecule has 26 heavy (non-hydrogen) atoms. The standard InChI is InChI=1S/C19H19FN4OS/c1-12-18(26-11-22-12)17-16(13-2-4-14(20)5-3-13)10-21-19(24-17)23-15-6-8-25-9-7-15/h2-5,10-11,15H,6-9H2,1H3,(H,21,23,24). The number of aromatic nitrogens is 3. The van der Waals surface area contributed by atoms with Gasteiger partial charge in [-0.15, -0.1) is 11.3 Å². The fourth-order valence-electron chi connectivity index (χ4n) is 3.02. The summed E-state index contributed by atoms with van der Waals surface area (Å²) >= 11 is 1.55. The number of hydrogen-bond acceptors (Lipinski definition) is 6. The van der Waals surface area contributed by atoms with Gasteiger partial charge in [-0.1, -0.05) is 12.1 Å². The molecule has 0 radical (unpaired) electrons. The summed E-state index contributed by atoms with van der Waals surface area (Å²) in [4.78, 5) is 14.6. The van der Waals surface area contributed by atoms with Gasteiger partial charge in [0.15, 0.2) is 0 Å². The first-order chi connectivity index (χ1) is 12.7. The molecule has 4 rings (SSSR count). The van der Waals surface area contributed by atoms with Gasteiger partial charge in [0.1, 0.15) is 5.82 Å². The highest BCUT2D eigenvalue weighted by molar-refractivity contribution is 7.13. The Morgan fingerprint density at radius 1 is 1.15 bits per heavy atom. The first-order valence-electron chi connectivity index (χ1n) is 8.58. The van der Waals surface area contributed by atoms with Crippen molar-refractivity contribution < 1.29 is 9.13 Å². The molecule has 134 valence electrons. The van der Waals surface area contributed by atoms with Crippen molar-refractivity contribution in [3.63, 3.8) is 0 Å². The average Bonchev–Trinajstić information content (AvgIpc) is 3.09. The second-order valence-electron chi connectivity index (χ2n) is 6.26. The largest absolute Gasteiger partial charge is 0.381 e. The van der Waals surface area contributed by atoms with Crippen molar-refractivity contribution >= 4 is 17.3 Å². The van der Waals surface area contributed by atoms with Crippen LogP contribution in [0.2, 0.25) is 0 Å². The van der Waals surface area contributed by atoms with Crippen molar-refractivity contribution in [2.24, 2.45) is 0 Å². The molecule has 0 unspecified atom stereocenters. The van der Waals surface area contributed by atoms with Gasteiger partial charge in [-0.05, 0) is 37.5 Å². The Labute approximate surface area is 155 Å². The van der Waals surface area contributed by atoms with Crippen molar-refractivity contribution in [1.82, 2.24) is 15.0 Å². The Bertz CT molecular complexity index is 891. The molecule has 7 heteroatoms. The Balaban J connectivity index is 1.73. The second kappa shape index (κ2) is 7.47. The molecule has 1 fully saturated rings. The number of benzene rings is 1. The Morgan fingerprint density at radius 2 is 1.92 bits per heavy atom. The minimum atomic E-state index is -0.261. The van der Waals surface area contributed by atoms with Crippen molar-refractivity contribution in [2.75, 3.05) is 18.5 Å². The number of aryl methyl sites for hydroxylation is 1.